The topological polar surface area (TPSA) is 38.8 Å². The van der Waals surface area contributed by atoms with Gasteiger partial charge in [0.05, 0.1) is 12.6 Å². The number of fused-ring (bicyclic) bond motifs is 2. The van der Waals surface area contributed by atoms with E-state index in [9.17, 15) is 9.18 Å². The third-order valence-electron chi connectivity index (χ3n) is 4.58. The number of rotatable bonds is 4. The third-order valence-corrected chi connectivity index (χ3v) is 4.58. The van der Waals surface area contributed by atoms with Crippen LogP contribution in [0.2, 0.25) is 0 Å². The highest BCUT2D eigenvalue weighted by molar-refractivity contribution is 5.70. The zero-order valence-electron chi connectivity index (χ0n) is 15.1. The maximum atomic E-state index is 12.9. The minimum atomic E-state index is -0.469. The summed E-state index contributed by atoms with van der Waals surface area (Å²) in [5.41, 5.74) is 0.859. The Morgan fingerprint density at radius 1 is 1.24 bits per heavy atom. The zero-order chi connectivity index (χ0) is 18.0. The van der Waals surface area contributed by atoms with Crippen LogP contribution in [0.25, 0.3) is 0 Å². The quantitative estimate of drug-likeness (QED) is 0.742. The van der Waals surface area contributed by atoms with Crippen molar-refractivity contribution in [2.45, 2.75) is 64.1 Å². The summed E-state index contributed by atoms with van der Waals surface area (Å²) in [4.78, 5) is 14.3. The summed E-state index contributed by atoms with van der Waals surface area (Å²) < 4.78 is 24.1. The van der Waals surface area contributed by atoms with Crippen LogP contribution < -0.4 is 4.74 Å². The maximum absolute atomic E-state index is 12.9. The van der Waals surface area contributed by atoms with E-state index >= 15 is 0 Å². The van der Waals surface area contributed by atoms with E-state index in [1.807, 2.05) is 25.7 Å². The smallest absolute Gasteiger partial charge is 0.411 e. The Morgan fingerprint density at radius 3 is 2.60 bits per heavy atom. The minimum Gasteiger partial charge on any atom is -0.493 e. The molecule has 0 aromatic heterocycles. The highest BCUT2D eigenvalue weighted by atomic mass is 19.1. The number of nitrogens with zero attached hydrogens (tertiary/aromatic N) is 1. The summed E-state index contributed by atoms with van der Waals surface area (Å²) in [6.45, 7) is 6.24. The number of amides is 1. The lowest BCUT2D eigenvalue weighted by molar-refractivity contribution is 0.0165. The van der Waals surface area contributed by atoms with E-state index < -0.39 is 5.60 Å². The molecule has 1 amide bonds. The van der Waals surface area contributed by atoms with E-state index in [4.69, 9.17) is 9.47 Å². The lowest BCUT2D eigenvalue weighted by Crippen LogP contribution is -2.45. The van der Waals surface area contributed by atoms with Crippen molar-refractivity contribution >= 4 is 6.09 Å². The van der Waals surface area contributed by atoms with Gasteiger partial charge < -0.3 is 9.47 Å². The molecule has 0 spiro atoms. The zero-order valence-corrected chi connectivity index (χ0v) is 15.1. The largest absolute Gasteiger partial charge is 0.493 e. The molecule has 1 aromatic carbocycles. The van der Waals surface area contributed by atoms with Gasteiger partial charge in [-0.1, -0.05) is 11.6 Å². The lowest BCUT2D eigenvalue weighted by atomic mass is 9.99. The molecule has 2 aliphatic heterocycles. The van der Waals surface area contributed by atoms with Gasteiger partial charge in [0.25, 0.3) is 0 Å². The Labute approximate surface area is 148 Å². The Balaban J connectivity index is 1.54. The summed E-state index contributed by atoms with van der Waals surface area (Å²) in [7, 11) is 0. The van der Waals surface area contributed by atoms with Gasteiger partial charge in [0, 0.05) is 12.5 Å². The summed E-state index contributed by atoms with van der Waals surface area (Å²) in [6, 6.07) is 6.43. The van der Waals surface area contributed by atoms with Gasteiger partial charge in [-0.2, -0.15) is 0 Å². The Bertz CT molecular complexity index is 648. The van der Waals surface area contributed by atoms with Crippen molar-refractivity contribution in [3.63, 3.8) is 0 Å². The first kappa shape index (κ1) is 17.8. The van der Waals surface area contributed by atoms with Gasteiger partial charge in [-0.05, 0) is 64.3 Å². The highest BCUT2D eigenvalue weighted by Gasteiger charge is 2.41. The molecule has 0 saturated carbocycles. The standard InChI is InChI=1S/C20H26FNO3/c1-20(2,3)25-19(23)22-16-6-7-17(22)13-14(12-16)10-11-24-18-8-4-15(21)5-9-18/h4-5,8-9,12,16-17H,6-7,10-11,13H2,1-3H3. The maximum Gasteiger partial charge on any atom is 0.411 e. The van der Waals surface area contributed by atoms with Crippen LogP contribution in [0.1, 0.15) is 46.5 Å². The molecular formula is C20H26FNO3. The van der Waals surface area contributed by atoms with Crippen LogP contribution in [-0.2, 0) is 4.74 Å². The van der Waals surface area contributed by atoms with Crippen molar-refractivity contribution in [3.8, 4) is 5.75 Å². The average molecular weight is 347 g/mol. The number of hydrogen-bond acceptors (Lipinski definition) is 3. The van der Waals surface area contributed by atoms with Crippen LogP contribution in [0.15, 0.2) is 35.9 Å². The molecule has 25 heavy (non-hydrogen) atoms. The van der Waals surface area contributed by atoms with Crippen molar-refractivity contribution in [3.05, 3.63) is 41.7 Å². The molecule has 2 bridgehead atoms. The van der Waals surface area contributed by atoms with Crippen molar-refractivity contribution in [1.29, 1.82) is 0 Å². The fourth-order valence-electron chi connectivity index (χ4n) is 3.53. The first-order valence-electron chi connectivity index (χ1n) is 8.91. The molecule has 2 atom stereocenters. The SMILES string of the molecule is CC(C)(C)OC(=O)N1C2C=C(CCOc3ccc(F)cc3)CC1CC2. The summed E-state index contributed by atoms with van der Waals surface area (Å²) in [5, 5.41) is 0. The molecule has 0 aliphatic carbocycles. The Kier molecular flexibility index (Phi) is 5.02. The summed E-state index contributed by atoms with van der Waals surface area (Å²) >= 11 is 0. The molecule has 0 N–H and O–H groups in total. The van der Waals surface area contributed by atoms with E-state index in [1.165, 1.54) is 17.7 Å². The normalized spacial score (nSPS) is 22.6. The Hall–Kier alpha value is -2.04. The van der Waals surface area contributed by atoms with Crippen LogP contribution in [-0.4, -0.2) is 35.3 Å². The average Bonchev–Trinajstić information content (AvgIpc) is 2.79. The molecular weight excluding hydrogens is 321 g/mol. The molecule has 2 unspecified atom stereocenters. The van der Waals surface area contributed by atoms with Gasteiger partial charge in [-0.15, -0.1) is 0 Å². The molecule has 0 radical (unpaired) electrons. The highest BCUT2D eigenvalue weighted by Crippen LogP contribution is 2.36. The second kappa shape index (κ2) is 7.06. The molecule has 136 valence electrons. The molecule has 1 aromatic rings. The fourth-order valence-corrected chi connectivity index (χ4v) is 3.53. The second-order valence-corrected chi connectivity index (χ2v) is 7.77. The van der Waals surface area contributed by atoms with Gasteiger partial charge in [-0.3, -0.25) is 4.90 Å². The molecule has 3 rings (SSSR count). The molecule has 4 nitrogen and oxygen atoms in total. The van der Waals surface area contributed by atoms with E-state index in [1.54, 1.807) is 12.1 Å². The number of carbonyl (C=O) groups excluding carboxylic acids is 1. The minimum absolute atomic E-state index is 0.134. The van der Waals surface area contributed by atoms with E-state index in [-0.39, 0.29) is 24.0 Å². The monoisotopic (exact) mass is 347 g/mol. The first-order chi connectivity index (χ1) is 11.8. The predicted molar refractivity (Wildman–Crippen MR) is 94.1 cm³/mol. The van der Waals surface area contributed by atoms with E-state index in [0.717, 1.165) is 25.7 Å². The van der Waals surface area contributed by atoms with Gasteiger partial charge in [0.1, 0.15) is 17.2 Å². The first-order valence-corrected chi connectivity index (χ1v) is 8.91. The van der Waals surface area contributed by atoms with Crippen LogP contribution >= 0.6 is 0 Å². The second-order valence-electron chi connectivity index (χ2n) is 7.77. The molecule has 2 heterocycles. The van der Waals surface area contributed by atoms with Crippen molar-refractivity contribution in [2.75, 3.05) is 6.61 Å². The van der Waals surface area contributed by atoms with Crippen molar-refractivity contribution < 1.29 is 18.7 Å². The number of benzene rings is 1. The summed E-state index contributed by atoms with van der Waals surface area (Å²) in [5.74, 6) is 0.414. The van der Waals surface area contributed by atoms with Crippen LogP contribution in [0.5, 0.6) is 5.75 Å². The van der Waals surface area contributed by atoms with Crippen LogP contribution in [0.3, 0.4) is 0 Å². The third kappa shape index (κ3) is 4.53. The fraction of sp³-hybridized carbons (Fsp3) is 0.550. The van der Waals surface area contributed by atoms with Crippen molar-refractivity contribution in [1.82, 2.24) is 4.90 Å². The predicted octanol–water partition coefficient (Wildman–Crippen LogP) is 4.69. The van der Waals surface area contributed by atoms with Crippen LogP contribution in [0, 0.1) is 5.82 Å². The van der Waals surface area contributed by atoms with Gasteiger partial charge in [0.15, 0.2) is 0 Å². The van der Waals surface area contributed by atoms with Crippen molar-refractivity contribution in [2.24, 2.45) is 0 Å². The van der Waals surface area contributed by atoms with Gasteiger partial charge in [-0.25, -0.2) is 9.18 Å². The number of hydrogen-bond donors (Lipinski definition) is 0. The van der Waals surface area contributed by atoms with E-state index in [2.05, 4.69) is 6.08 Å². The van der Waals surface area contributed by atoms with Crippen LogP contribution in [0.4, 0.5) is 9.18 Å². The lowest BCUT2D eigenvalue weighted by Gasteiger charge is -2.35. The van der Waals surface area contributed by atoms with Gasteiger partial charge >= 0.3 is 6.09 Å². The number of halogens is 1. The molecule has 5 heteroatoms. The molecule has 2 aliphatic rings. The molecule has 1 fully saturated rings. The Morgan fingerprint density at radius 2 is 1.96 bits per heavy atom. The van der Waals surface area contributed by atoms with Gasteiger partial charge in [0.2, 0.25) is 0 Å². The molecule has 1 saturated heterocycles. The number of carbonyl (C=O) groups is 1. The number of ether oxygens (including phenoxy) is 2. The summed E-state index contributed by atoms with van der Waals surface area (Å²) in [6.07, 6.45) is 5.70. The van der Waals surface area contributed by atoms with E-state index in [0.29, 0.717) is 12.4 Å².